The highest BCUT2D eigenvalue weighted by atomic mass is 14.9. The summed E-state index contributed by atoms with van der Waals surface area (Å²) in [5.74, 6) is 1.76. The Hall–Kier alpha value is -1.60. The first-order valence-electron chi connectivity index (χ1n) is 8.00. The van der Waals surface area contributed by atoms with Crippen LogP contribution in [-0.2, 0) is 0 Å². The second kappa shape index (κ2) is 6.03. The molecule has 0 aliphatic heterocycles. The zero-order valence-corrected chi connectivity index (χ0v) is 13.3. The molecule has 0 saturated heterocycles. The van der Waals surface area contributed by atoms with Crippen molar-refractivity contribution in [3.8, 4) is 0 Å². The molecule has 1 heteroatoms. The Labute approximate surface area is 128 Å². The van der Waals surface area contributed by atoms with Crippen molar-refractivity contribution in [2.75, 3.05) is 6.54 Å². The van der Waals surface area contributed by atoms with E-state index < -0.39 is 0 Å². The van der Waals surface area contributed by atoms with E-state index in [-0.39, 0.29) is 0 Å². The van der Waals surface area contributed by atoms with Gasteiger partial charge in [-0.15, -0.1) is 0 Å². The van der Waals surface area contributed by atoms with Gasteiger partial charge in [-0.3, -0.25) is 0 Å². The van der Waals surface area contributed by atoms with Gasteiger partial charge < -0.3 is 5.32 Å². The second-order valence-corrected chi connectivity index (χ2v) is 6.59. The van der Waals surface area contributed by atoms with Crippen LogP contribution in [0.1, 0.15) is 41.6 Å². The summed E-state index contributed by atoms with van der Waals surface area (Å²) < 4.78 is 0. The lowest BCUT2D eigenvalue weighted by atomic mass is 9.93. The molecule has 1 nitrogen and oxygen atoms in total. The van der Waals surface area contributed by atoms with Crippen molar-refractivity contribution in [1.82, 2.24) is 5.32 Å². The lowest BCUT2D eigenvalue weighted by Gasteiger charge is -2.22. The van der Waals surface area contributed by atoms with Crippen LogP contribution < -0.4 is 5.32 Å². The highest BCUT2D eigenvalue weighted by Crippen LogP contribution is 2.37. The van der Waals surface area contributed by atoms with Crippen LogP contribution in [0, 0.1) is 25.7 Å². The van der Waals surface area contributed by atoms with Crippen LogP contribution in [0.25, 0.3) is 0 Å². The van der Waals surface area contributed by atoms with E-state index in [1.165, 1.54) is 28.7 Å². The molecule has 1 aliphatic rings. The number of benzene rings is 2. The first-order chi connectivity index (χ1) is 10.1. The highest BCUT2D eigenvalue weighted by molar-refractivity contribution is 5.38. The highest BCUT2D eigenvalue weighted by Gasteiger charge is 2.32. The molecule has 0 bridgehead atoms. The van der Waals surface area contributed by atoms with Gasteiger partial charge in [0.25, 0.3) is 0 Å². The number of hydrogen-bond acceptors (Lipinski definition) is 1. The van der Waals surface area contributed by atoms with Crippen molar-refractivity contribution in [1.29, 1.82) is 0 Å². The third kappa shape index (κ3) is 3.36. The molecule has 1 saturated carbocycles. The Kier molecular flexibility index (Phi) is 4.12. The van der Waals surface area contributed by atoms with E-state index in [2.05, 4.69) is 74.6 Å². The predicted octanol–water partition coefficient (Wildman–Crippen LogP) is 4.64. The van der Waals surface area contributed by atoms with E-state index in [9.17, 15) is 0 Å². The monoisotopic (exact) mass is 279 g/mol. The minimum Gasteiger partial charge on any atom is -0.306 e. The van der Waals surface area contributed by atoms with Crippen LogP contribution in [0.15, 0.2) is 48.5 Å². The molecule has 2 aromatic rings. The summed E-state index contributed by atoms with van der Waals surface area (Å²) in [7, 11) is 0. The summed E-state index contributed by atoms with van der Waals surface area (Å²) >= 11 is 0. The Morgan fingerprint density at radius 1 is 1.10 bits per heavy atom. The third-order valence-corrected chi connectivity index (χ3v) is 4.73. The number of rotatable bonds is 5. The maximum Gasteiger partial charge on any atom is 0.0579 e. The number of hydrogen-bond donors (Lipinski definition) is 1. The van der Waals surface area contributed by atoms with E-state index >= 15 is 0 Å². The van der Waals surface area contributed by atoms with Crippen molar-refractivity contribution < 1.29 is 0 Å². The van der Waals surface area contributed by atoms with Crippen LogP contribution in [-0.4, -0.2) is 6.54 Å². The second-order valence-electron chi connectivity index (χ2n) is 6.59. The molecule has 0 heterocycles. The molecule has 3 unspecified atom stereocenters. The van der Waals surface area contributed by atoms with Gasteiger partial charge in [0.05, 0.1) is 6.04 Å². The Morgan fingerprint density at radius 2 is 1.81 bits per heavy atom. The van der Waals surface area contributed by atoms with Gasteiger partial charge in [-0.2, -0.15) is 0 Å². The molecular formula is C20H25N. The van der Waals surface area contributed by atoms with Crippen LogP contribution in [0.2, 0.25) is 0 Å². The van der Waals surface area contributed by atoms with Gasteiger partial charge in [0, 0.05) is 0 Å². The summed E-state index contributed by atoms with van der Waals surface area (Å²) in [6, 6.07) is 17.9. The van der Waals surface area contributed by atoms with Crippen molar-refractivity contribution in [2.45, 2.75) is 33.2 Å². The topological polar surface area (TPSA) is 12.0 Å². The molecule has 0 radical (unpaired) electrons. The predicted molar refractivity (Wildman–Crippen MR) is 89.5 cm³/mol. The minimum absolute atomic E-state index is 0.305. The molecule has 3 atom stereocenters. The molecule has 0 spiro atoms. The van der Waals surface area contributed by atoms with Crippen LogP contribution in [0.3, 0.4) is 0 Å². The fourth-order valence-electron chi connectivity index (χ4n) is 3.16. The summed E-state index contributed by atoms with van der Waals surface area (Å²) in [5.41, 5.74) is 5.47. The van der Waals surface area contributed by atoms with E-state index in [0.717, 1.165) is 18.4 Å². The van der Waals surface area contributed by atoms with Gasteiger partial charge >= 0.3 is 0 Å². The molecule has 110 valence electrons. The summed E-state index contributed by atoms with van der Waals surface area (Å²) in [5, 5.41) is 3.80. The standard InChI is InChI=1S/C20H25N/c1-14-9-10-19(16(3)11-14)20(17-7-5-4-6-8-17)21-13-18-12-15(18)2/h4-11,15,18,20-21H,12-13H2,1-3H3. The average molecular weight is 279 g/mol. The van der Waals surface area contributed by atoms with E-state index in [1.807, 2.05) is 0 Å². The molecular weight excluding hydrogens is 254 g/mol. The van der Waals surface area contributed by atoms with Gasteiger partial charge in [-0.25, -0.2) is 0 Å². The Balaban J connectivity index is 1.87. The summed E-state index contributed by atoms with van der Waals surface area (Å²) in [6.07, 6.45) is 1.38. The molecule has 2 aromatic carbocycles. The van der Waals surface area contributed by atoms with Crippen molar-refractivity contribution >= 4 is 0 Å². The van der Waals surface area contributed by atoms with E-state index in [4.69, 9.17) is 0 Å². The first kappa shape index (κ1) is 14.3. The quantitative estimate of drug-likeness (QED) is 0.841. The smallest absolute Gasteiger partial charge is 0.0579 e. The van der Waals surface area contributed by atoms with Crippen molar-refractivity contribution in [2.24, 2.45) is 11.8 Å². The largest absolute Gasteiger partial charge is 0.306 e. The van der Waals surface area contributed by atoms with Gasteiger partial charge in [-0.05, 0) is 55.3 Å². The fourth-order valence-corrected chi connectivity index (χ4v) is 3.16. The van der Waals surface area contributed by atoms with Crippen LogP contribution in [0.4, 0.5) is 0 Å². The Bertz CT molecular complexity index is 602. The zero-order chi connectivity index (χ0) is 14.8. The maximum absolute atomic E-state index is 3.80. The molecule has 21 heavy (non-hydrogen) atoms. The van der Waals surface area contributed by atoms with E-state index in [1.54, 1.807) is 0 Å². The number of aryl methyl sites for hydroxylation is 2. The normalized spacial score (nSPS) is 22.0. The average Bonchev–Trinajstić information content (AvgIpc) is 3.18. The van der Waals surface area contributed by atoms with Gasteiger partial charge in [0.15, 0.2) is 0 Å². The summed E-state index contributed by atoms with van der Waals surface area (Å²) in [6.45, 7) is 7.85. The fraction of sp³-hybridized carbons (Fsp3) is 0.400. The van der Waals surface area contributed by atoms with Crippen molar-refractivity contribution in [3.05, 3.63) is 70.8 Å². The first-order valence-corrected chi connectivity index (χ1v) is 8.00. The minimum atomic E-state index is 0.305. The molecule has 1 fully saturated rings. The van der Waals surface area contributed by atoms with Gasteiger partial charge in [0.2, 0.25) is 0 Å². The third-order valence-electron chi connectivity index (χ3n) is 4.73. The zero-order valence-electron chi connectivity index (χ0n) is 13.3. The molecule has 0 aromatic heterocycles. The molecule has 1 aliphatic carbocycles. The van der Waals surface area contributed by atoms with E-state index in [0.29, 0.717) is 6.04 Å². The SMILES string of the molecule is Cc1ccc(C(NCC2CC2C)c2ccccc2)c(C)c1. The van der Waals surface area contributed by atoms with Crippen molar-refractivity contribution in [3.63, 3.8) is 0 Å². The lowest BCUT2D eigenvalue weighted by molar-refractivity contribution is 0.555. The molecule has 0 amide bonds. The number of nitrogens with one attached hydrogen (secondary N) is 1. The molecule has 3 rings (SSSR count). The Morgan fingerprint density at radius 3 is 2.43 bits per heavy atom. The van der Waals surface area contributed by atoms with Gasteiger partial charge in [0.1, 0.15) is 0 Å². The van der Waals surface area contributed by atoms with Crippen LogP contribution >= 0.6 is 0 Å². The maximum atomic E-state index is 3.80. The molecule has 1 N–H and O–H groups in total. The lowest BCUT2D eigenvalue weighted by Crippen LogP contribution is -2.25. The van der Waals surface area contributed by atoms with Gasteiger partial charge in [-0.1, -0.05) is 61.0 Å². The summed E-state index contributed by atoms with van der Waals surface area (Å²) in [4.78, 5) is 0. The van der Waals surface area contributed by atoms with Crippen LogP contribution in [0.5, 0.6) is 0 Å².